The summed E-state index contributed by atoms with van der Waals surface area (Å²) in [6.45, 7) is 6.93. The number of rotatable bonds is 7. The number of Topliss-reactive ketones (excluding diaryl/α,β-unsaturated/α-hetero) is 1. The molecule has 1 aromatic heterocycles. The number of thiazole rings is 1. The van der Waals surface area contributed by atoms with Crippen molar-refractivity contribution in [3.63, 3.8) is 0 Å². The van der Waals surface area contributed by atoms with E-state index in [1.54, 1.807) is 31.2 Å². The third-order valence-electron chi connectivity index (χ3n) is 3.73. The highest BCUT2D eigenvalue weighted by Gasteiger charge is 2.16. The molecule has 28 heavy (non-hydrogen) atoms. The minimum Gasteiger partial charge on any atom is -0.457 e. The Morgan fingerprint density at radius 3 is 2.79 bits per heavy atom. The number of nitrogens with zero attached hydrogens (tertiary/aromatic N) is 2. The molecular weight excluding hydrogens is 378 g/mol. The lowest BCUT2D eigenvalue weighted by Gasteiger charge is -2.01. The van der Waals surface area contributed by atoms with Crippen LogP contribution in [0.5, 0.6) is 0 Å². The van der Waals surface area contributed by atoms with Gasteiger partial charge >= 0.3 is 5.97 Å². The number of hydrogen-bond donors (Lipinski definition) is 1. The monoisotopic (exact) mass is 397 g/mol. The number of anilines is 1. The maximum Gasteiger partial charge on any atom is 0.352 e. The summed E-state index contributed by atoms with van der Waals surface area (Å²) in [4.78, 5) is 36.2. The molecular formula is C20H19N3O4S. The fourth-order valence-electron chi connectivity index (χ4n) is 2.36. The SMILES string of the molecule is C=CCOC(=O)C(C#N)=c1sc(=CNc2cccc(C(C)=O)c2)c(=O)n1CC. The van der Waals surface area contributed by atoms with Gasteiger partial charge in [0, 0.05) is 24.0 Å². The van der Waals surface area contributed by atoms with Crippen molar-refractivity contribution in [1.82, 2.24) is 4.57 Å². The number of carbonyl (C=O) groups excluding carboxylic acids is 2. The van der Waals surface area contributed by atoms with Crippen LogP contribution in [0.15, 0.2) is 41.7 Å². The normalized spacial score (nSPS) is 12.1. The van der Waals surface area contributed by atoms with E-state index < -0.39 is 5.97 Å². The topological polar surface area (TPSA) is 101 Å². The zero-order valence-corrected chi connectivity index (χ0v) is 16.3. The Hall–Kier alpha value is -3.44. The summed E-state index contributed by atoms with van der Waals surface area (Å²) in [5.41, 5.74) is 0.618. The van der Waals surface area contributed by atoms with Gasteiger partial charge in [0.1, 0.15) is 21.9 Å². The van der Waals surface area contributed by atoms with Crippen LogP contribution in [0.25, 0.3) is 11.8 Å². The van der Waals surface area contributed by atoms with Crippen LogP contribution in [0.2, 0.25) is 0 Å². The molecule has 0 aliphatic rings. The van der Waals surface area contributed by atoms with Crippen molar-refractivity contribution in [1.29, 1.82) is 5.26 Å². The minimum absolute atomic E-state index is 0.0290. The van der Waals surface area contributed by atoms with Gasteiger partial charge in [-0.15, -0.1) is 11.3 Å². The summed E-state index contributed by atoms with van der Waals surface area (Å²) >= 11 is 1.01. The second-order valence-electron chi connectivity index (χ2n) is 5.62. The van der Waals surface area contributed by atoms with E-state index in [-0.39, 0.29) is 34.7 Å². The van der Waals surface area contributed by atoms with Gasteiger partial charge in [-0.25, -0.2) is 4.79 Å². The first-order valence-electron chi connectivity index (χ1n) is 8.42. The fraction of sp³-hybridized carbons (Fsp3) is 0.200. The summed E-state index contributed by atoms with van der Waals surface area (Å²) in [6.07, 6.45) is 2.89. The number of carbonyl (C=O) groups is 2. The lowest BCUT2D eigenvalue weighted by atomic mass is 10.1. The quantitative estimate of drug-likeness (QED) is 0.430. The van der Waals surface area contributed by atoms with E-state index in [9.17, 15) is 19.6 Å². The Bertz CT molecular complexity index is 1140. The van der Waals surface area contributed by atoms with Crippen LogP contribution in [0, 0.1) is 11.3 Å². The van der Waals surface area contributed by atoms with Gasteiger partial charge in [-0.3, -0.25) is 14.2 Å². The predicted octanol–water partition coefficient (Wildman–Crippen LogP) is 1.39. The van der Waals surface area contributed by atoms with E-state index in [1.807, 2.05) is 6.07 Å². The van der Waals surface area contributed by atoms with E-state index >= 15 is 0 Å². The second-order valence-corrected chi connectivity index (χ2v) is 6.65. The van der Waals surface area contributed by atoms with Crippen LogP contribution in [0.3, 0.4) is 0 Å². The minimum atomic E-state index is -0.806. The van der Waals surface area contributed by atoms with Gasteiger partial charge in [-0.05, 0) is 26.0 Å². The summed E-state index contributed by atoms with van der Waals surface area (Å²) in [5, 5.41) is 12.4. The molecule has 0 spiro atoms. The van der Waals surface area contributed by atoms with Crippen LogP contribution in [-0.4, -0.2) is 22.9 Å². The molecule has 0 aliphatic heterocycles. The third-order valence-corrected chi connectivity index (χ3v) is 4.86. The number of esters is 1. The van der Waals surface area contributed by atoms with Crippen molar-refractivity contribution < 1.29 is 14.3 Å². The molecule has 0 radical (unpaired) electrons. The van der Waals surface area contributed by atoms with Crippen molar-refractivity contribution in [2.24, 2.45) is 0 Å². The molecule has 0 aliphatic carbocycles. The standard InChI is InChI=1S/C20H19N3O4S/c1-4-9-27-20(26)16(11-21)19-23(5-2)18(25)17(28-19)12-22-15-8-6-7-14(10-15)13(3)24/h4,6-8,10,12,22H,1,5,9H2,2-3H3. The molecule has 0 atom stereocenters. The van der Waals surface area contributed by atoms with Crippen LogP contribution in [-0.2, 0) is 16.1 Å². The van der Waals surface area contributed by atoms with E-state index in [0.717, 1.165) is 11.3 Å². The number of ketones is 1. The third kappa shape index (κ3) is 4.64. The van der Waals surface area contributed by atoms with Crippen LogP contribution in [0.4, 0.5) is 5.69 Å². The first kappa shape index (κ1) is 20.9. The van der Waals surface area contributed by atoms with Crippen LogP contribution >= 0.6 is 11.3 Å². The highest BCUT2D eigenvalue weighted by atomic mass is 32.1. The Kier molecular flexibility index (Phi) is 7.07. The van der Waals surface area contributed by atoms with Gasteiger partial charge in [-0.2, -0.15) is 5.26 Å². The van der Waals surface area contributed by atoms with Gasteiger partial charge in [-0.1, -0.05) is 24.8 Å². The van der Waals surface area contributed by atoms with Crippen LogP contribution < -0.4 is 20.1 Å². The first-order valence-corrected chi connectivity index (χ1v) is 9.24. The average molecular weight is 397 g/mol. The Morgan fingerprint density at radius 2 is 2.18 bits per heavy atom. The number of nitrogens with one attached hydrogen (secondary N) is 1. The van der Waals surface area contributed by atoms with Gasteiger partial charge in [0.15, 0.2) is 11.4 Å². The molecule has 0 saturated heterocycles. The Morgan fingerprint density at radius 1 is 1.43 bits per heavy atom. The van der Waals surface area contributed by atoms with Crippen molar-refractivity contribution >= 4 is 40.5 Å². The second kappa shape index (κ2) is 9.48. The zero-order chi connectivity index (χ0) is 20.7. The number of ether oxygens (including phenoxy) is 1. The highest BCUT2D eigenvalue weighted by molar-refractivity contribution is 7.07. The molecule has 0 unspecified atom stereocenters. The maximum absolute atomic E-state index is 12.6. The predicted molar refractivity (Wildman–Crippen MR) is 108 cm³/mol. The van der Waals surface area contributed by atoms with Gasteiger partial charge < -0.3 is 10.1 Å². The van der Waals surface area contributed by atoms with Crippen molar-refractivity contribution in [3.05, 3.63) is 62.0 Å². The molecule has 0 bridgehead atoms. The molecule has 8 heteroatoms. The molecule has 144 valence electrons. The summed E-state index contributed by atoms with van der Waals surface area (Å²) < 4.78 is 6.82. The smallest absolute Gasteiger partial charge is 0.352 e. The van der Waals surface area contributed by atoms with Gasteiger partial charge in [0.2, 0.25) is 0 Å². The fourth-order valence-corrected chi connectivity index (χ4v) is 3.43. The molecule has 1 N–H and O–H groups in total. The summed E-state index contributed by atoms with van der Waals surface area (Å²) in [5.74, 6) is -0.874. The van der Waals surface area contributed by atoms with Crippen molar-refractivity contribution in [3.8, 4) is 6.07 Å². The Labute approximate surface area is 165 Å². The van der Waals surface area contributed by atoms with E-state index in [4.69, 9.17) is 4.74 Å². The van der Waals surface area contributed by atoms with E-state index in [2.05, 4.69) is 11.9 Å². The molecule has 1 heterocycles. The van der Waals surface area contributed by atoms with Gasteiger partial charge in [0.25, 0.3) is 5.56 Å². The number of aromatic nitrogens is 1. The summed E-state index contributed by atoms with van der Waals surface area (Å²) in [6, 6.07) is 8.68. The maximum atomic E-state index is 12.6. The first-order chi connectivity index (χ1) is 13.4. The van der Waals surface area contributed by atoms with Crippen molar-refractivity contribution in [2.45, 2.75) is 20.4 Å². The number of hydrogen-bond acceptors (Lipinski definition) is 7. The van der Waals surface area contributed by atoms with Gasteiger partial charge in [0.05, 0.1) is 0 Å². The van der Waals surface area contributed by atoms with E-state index in [0.29, 0.717) is 15.8 Å². The number of benzene rings is 1. The molecule has 2 rings (SSSR count). The van der Waals surface area contributed by atoms with Crippen LogP contribution in [0.1, 0.15) is 24.2 Å². The number of nitriles is 1. The molecule has 7 nitrogen and oxygen atoms in total. The molecule has 1 aromatic carbocycles. The summed E-state index contributed by atoms with van der Waals surface area (Å²) in [7, 11) is 0. The highest BCUT2D eigenvalue weighted by Crippen LogP contribution is 2.10. The lowest BCUT2D eigenvalue weighted by molar-refractivity contribution is -0.135. The molecule has 2 aromatic rings. The largest absolute Gasteiger partial charge is 0.457 e. The molecule has 0 amide bonds. The Balaban J connectivity index is 2.53. The average Bonchev–Trinajstić information content (AvgIpc) is 3.00. The molecule has 0 fully saturated rings. The zero-order valence-electron chi connectivity index (χ0n) is 15.5. The molecule has 0 saturated carbocycles. The van der Waals surface area contributed by atoms with E-state index in [1.165, 1.54) is 23.8 Å². The van der Waals surface area contributed by atoms with Crippen molar-refractivity contribution in [2.75, 3.05) is 11.9 Å². The lowest BCUT2D eigenvalue weighted by Crippen LogP contribution is -2.32.